The second kappa shape index (κ2) is 5.51. The third kappa shape index (κ3) is 3.09. The van der Waals surface area contributed by atoms with Crippen LogP contribution in [0, 0.1) is 0 Å². The lowest BCUT2D eigenvalue weighted by Crippen LogP contribution is -2.07. The van der Waals surface area contributed by atoms with Crippen LogP contribution < -0.4 is 4.74 Å². The van der Waals surface area contributed by atoms with Crippen LogP contribution in [0.5, 0.6) is 5.75 Å². The van der Waals surface area contributed by atoms with E-state index in [4.69, 9.17) is 9.84 Å². The molecule has 2 aromatic rings. The van der Waals surface area contributed by atoms with E-state index in [1.807, 2.05) is 13.8 Å². The first kappa shape index (κ1) is 13.1. The van der Waals surface area contributed by atoms with Gasteiger partial charge < -0.3 is 9.84 Å². The number of aromatic carboxylic acids is 1. The topological polar surface area (TPSA) is 77.2 Å². The molecular weight excluding hydrogens is 246 g/mol. The zero-order valence-corrected chi connectivity index (χ0v) is 10.8. The Morgan fingerprint density at radius 1 is 1.53 bits per heavy atom. The van der Waals surface area contributed by atoms with Gasteiger partial charge in [-0.3, -0.25) is 4.68 Å². The SMILES string of the molecule is CC(C)n1cc(OCc2cccnc2C(=O)O)cn1. The first-order valence-electron chi connectivity index (χ1n) is 5.92. The Labute approximate surface area is 110 Å². The van der Waals surface area contributed by atoms with E-state index in [1.165, 1.54) is 6.20 Å². The molecule has 0 radical (unpaired) electrons. The van der Waals surface area contributed by atoms with Crippen LogP contribution in [0.2, 0.25) is 0 Å². The summed E-state index contributed by atoms with van der Waals surface area (Å²) >= 11 is 0. The summed E-state index contributed by atoms with van der Waals surface area (Å²) in [5.41, 5.74) is 0.547. The third-order valence-electron chi connectivity index (χ3n) is 2.60. The average molecular weight is 261 g/mol. The number of aromatic nitrogens is 3. The van der Waals surface area contributed by atoms with Gasteiger partial charge in [-0.2, -0.15) is 5.10 Å². The highest BCUT2D eigenvalue weighted by atomic mass is 16.5. The van der Waals surface area contributed by atoms with E-state index in [9.17, 15) is 4.79 Å². The zero-order chi connectivity index (χ0) is 13.8. The van der Waals surface area contributed by atoms with Crippen molar-refractivity contribution in [2.45, 2.75) is 26.5 Å². The van der Waals surface area contributed by atoms with Gasteiger partial charge in [-0.25, -0.2) is 9.78 Å². The molecule has 1 N–H and O–H groups in total. The molecule has 2 aromatic heterocycles. The molecule has 0 saturated carbocycles. The minimum Gasteiger partial charge on any atom is -0.486 e. The lowest BCUT2D eigenvalue weighted by molar-refractivity contribution is 0.0687. The normalized spacial score (nSPS) is 10.7. The third-order valence-corrected chi connectivity index (χ3v) is 2.60. The Morgan fingerprint density at radius 3 is 2.95 bits per heavy atom. The molecule has 0 saturated heterocycles. The van der Waals surface area contributed by atoms with Gasteiger partial charge in [0.1, 0.15) is 6.61 Å². The maximum absolute atomic E-state index is 11.0. The van der Waals surface area contributed by atoms with Crippen molar-refractivity contribution < 1.29 is 14.6 Å². The van der Waals surface area contributed by atoms with Crippen molar-refractivity contribution in [1.29, 1.82) is 0 Å². The first-order chi connectivity index (χ1) is 9.08. The molecule has 0 spiro atoms. The van der Waals surface area contributed by atoms with E-state index in [-0.39, 0.29) is 18.3 Å². The molecule has 2 rings (SSSR count). The number of carboxylic acids is 1. The van der Waals surface area contributed by atoms with Crippen molar-refractivity contribution in [2.24, 2.45) is 0 Å². The highest BCUT2D eigenvalue weighted by Gasteiger charge is 2.11. The number of carbonyl (C=O) groups is 1. The van der Waals surface area contributed by atoms with Crippen molar-refractivity contribution in [2.75, 3.05) is 0 Å². The molecule has 0 fully saturated rings. The van der Waals surface area contributed by atoms with Crippen molar-refractivity contribution >= 4 is 5.97 Å². The molecule has 0 aromatic carbocycles. The Balaban J connectivity index is 2.08. The summed E-state index contributed by atoms with van der Waals surface area (Å²) in [5, 5.41) is 13.2. The van der Waals surface area contributed by atoms with Gasteiger partial charge in [-0.05, 0) is 19.9 Å². The van der Waals surface area contributed by atoms with Crippen LogP contribution in [0.1, 0.15) is 35.9 Å². The Hall–Kier alpha value is -2.37. The summed E-state index contributed by atoms with van der Waals surface area (Å²) in [7, 11) is 0. The summed E-state index contributed by atoms with van der Waals surface area (Å²) in [6.45, 7) is 4.18. The van der Waals surface area contributed by atoms with Gasteiger partial charge in [0.05, 0.1) is 12.4 Å². The highest BCUT2D eigenvalue weighted by Crippen LogP contribution is 2.15. The fourth-order valence-electron chi connectivity index (χ4n) is 1.59. The van der Waals surface area contributed by atoms with Crippen LogP contribution in [-0.4, -0.2) is 25.8 Å². The van der Waals surface area contributed by atoms with Gasteiger partial charge in [0, 0.05) is 17.8 Å². The van der Waals surface area contributed by atoms with E-state index in [2.05, 4.69) is 10.1 Å². The van der Waals surface area contributed by atoms with Crippen molar-refractivity contribution in [3.8, 4) is 5.75 Å². The van der Waals surface area contributed by atoms with Gasteiger partial charge in [-0.15, -0.1) is 0 Å². The van der Waals surface area contributed by atoms with Crippen molar-refractivity contribution in [1.82, 2.24) is 14.8 Å². The number of hydrogen-bond acceptors (Lipinski definition) is 4. The first-order valence-corrected chi connectivity index (χ1v) is 5.92. The van der Waals surface area contributed by atoms with E-state index in [0.29, 0.717) is 11.3 Å². The number of ether oxygens (including phenoxy) is 1. The van der Waals surface area contributed by atoms with Crippen molar-refractivity contribution in [3.63, 3.8) is 0 Å². The van der Waals surface area contributed by atoms with Gasteiger partial charge >= 0.3 is 5.97 Å². The van der Waals surface area contributed by atoms with Crippen LogP contribution >= 0.6 is 0 Å². The molecule has 0 bridgehead atoms. The van der Waals surface area contributed by atoms with E-state index in [1.54, 1.807) is 29.2 Å². The molecule has 100 valence electrons. The molecule has 2 heterocycles. The van der Waals surface area contributed by atoms with Gasteiger partial charge in [0.15, 0.2) is 11.4 Å². The second-order valence-corrected chi connectivity index (χ2v) is 4.35. The van der Waals surface area contributed by atoms with E-state index in [0.717, 1.165) is 0 Å². The van der Waals surface area contributed by atoms with Crippen LogP contribution in [0.3, 0.4) is 0 Å². The second-order valence-electron chi connectivity index (χ2n) is 4.35. The lowest BCUT2D eigenvalue weighted by atomic mass is 10.2. The van der Waals surface area contributed by atoms with Crippen LogP contribution in [0.15, 0.2) is 30.7 Å². The molecular formula is C13H15N3O3. The summed E-state index contributed by atoms with van der Waals surface area (Å²) in [6.07, 6.45) is 4.84. The molecule has 0 aliphatic heterocycles. The average Bonchev–Trinajstić information content (AvgIpc) is 2.85. The highest BCUT2D eigenvalue weighted by molar-refractivity contribution is 5.86. The molecule has 19 heavy (non-hydrogen) atoms. The Kier molecular flexibility index (Phi) is 3.79. The van der Waals surface area contributed by atoms with E-state index >= 15 is 0 Å². The lowest BCUT2D eigenvalue weighted by Gasteiger charge is -2.06. The molecule has 0 aliphatic rings. The molecule has 0 amide bonds. The monoisotopic (exact) mass is 261 g/mol. The van der Waals surface area contributed by atoms with Crippen LogP contribution in [-0.2, 0) is 6.61 Å². The standard InChI is InChI=1S/C13H15N3O3/c1-9(2)16-7-11(6-15-16)19-8-10-4-3-5-14-12(10)13(17)18/h3-7,9H,8H2,1-2H3,(H,17,18). The smallest absolute Gasteiger partial charge is 0.354 e. The molecule has 0 atom stereocenters. The fraction of sp³-hybridized carbons (Fsp3) is 0.308. The van der Waals surface area contributed by atoms with E-state index < -0.39 is 5.97 Å². The summed E-state index contributed by atoms with van der Waals surface area (Å²) in [5.74, 6) is -0.453. The summed E-state index contributed by atoms with van der Waals surface area (Å²) < 4.78 is 7.30. The Bertz CT molecular complexity index is 578. The maximum Gasteiger partial charge on any atom is 0.354 e. The fourth-order valence-corrected chi connectivity index (χ4v) is 1.59. The number of carboxylic acid groups (broad SMARTS) is 1. The minimum atomic E-state index is -1.06. The predicted octanol–water partition coefficient (Wildman–Crippen LogP) is 2.14. The molecule has 0 aliphatic carbocycles. The van der Waals surface area contributed by atoms with Gasteiger partial charge in [0.25, 0.3) is 0 Å². The zero-order valence-electron chi connectivity index (χ0n) is 10.8. The maximum atomic E-state index is 11.0. The molecule has 6 heteroatoms. The number of rotatable bonds is 5. The quantitative estimate of drug-likeness (QED) is 0.892. The molecule has 6 nitrogen and oxygen atoms in total. The van der Waals surface area contributed by atoms with Crippen molar-refractivity contribution in [3.05, 3.63) is 42.0 Å². The van der Waals surface area contributed by atoms with Crippen LogP contribution in [0.25, 0.3) is 0 Å². The summed E-state index contributed by atoms with van der Waals surface area (Å²) in [6, 6.07) is 3.62. The Morgan fingerprint density at radius 2 is 2.32 bits per heavy atom. The van der Waals surface area contributed by atoms with Gasteiger partial charge in [-0.1, -0.05) is 6.07 Å². The largest absolute Gasteiger partial charge is 0.486 e. The minimum absolute atomic E-state index is 0.0127. The number of pyridine rings is 1. The molecule has 0 unspecified atom stereocenters. The van der Waals surface area contributed by atoms with Gasteiger partial charge in [0.2, 0.25) is 0 Å². The number of hydrogen-bond donors (Lipinski definition) is 1. The number of nitrogens with zero attached hydrogens (tertiary/aromatic N) is 3. The van der Waals surface area contributed by atoms with Crippen LogP contribution in [0.4, 0.5) is 0 Å². The predicted molar refractivity (Wildman–Crippen MR) is 68.1 cm³/mol. The summed E-state index contributed by atoms with van der Waals surface area (Å²) in [4.78, 5) is 14.8.